The van der Waals surface area contributed by atoms with E-state index in [1.807, 2.05) is 0 Å². The second-order valence-electron chi connectivity index (χ2n) is 8.18. The normalized spacial score (nSPS) is 14.2. The molecule has 0 spiro atoms. The fourth-order valence-electron chi connectivity index (χ4n) is 4.13. The zero-order valence-corrected chi connectivity index (χ0v) is 18.4. The number of fused-ring (bicyclic) bond motifs is 1. The number of hydrogen-bond acceptors (Lipinski definition) is 5. The highest BCUT2D eigenvalue weighted by Gasteiger charge is 2.41. The van der Waals surface area contributed by atoms with Crippen molar-refractivity contribution in [2.24, 2.45) is 0 Å². The first-order valence-electron chi connectivity index (χ1n) is 10.6. The summed E-state index contributed by atoms with van der Waals surface area (Å²) < 4.78 is 45.6. The molecule has 0 bridgehead atoms. The van der Waals surface area contributed by atoms with Crippen molar-refractivity contribution in [3.63, 3.8) is 0 Å². The second kappa shape index (κ2) is 8.51. The summed E-state index contributed by atoms with van der Waals surface area (Å²) in [5.74, 6) is -2.16. The Bertz CT molecular complexity index is 1560. The molecule has 0 saturated carbocycles. The fraction of sp³-hybridized carbons (Fsp3) is 0.167. The number of aliphatic hydroxyl groups is 1. The van der Waals surface area contributed by atoms with E-state index < -0.39 is 34.8 Å². The van der Waals surface area contributed by atoms with E-state index in [9.17, 15) is 23.1 Å². The summed E-state index contributed by atoms with van der Waals surface area (Å²) in [6.45, 7) is 1.29. The zero-order valence-electron chi connectivity index (χ0n) is 18.4. The summed E-state index contributed by atoms with van der Waals surface area (Å²) in [5.41, 5.74) is -1.35. The average Bonchev–Trinajstić information content (AvgIpc) is 3.49. The van der Waals surface area contributed by atoms with E-state index in [0.29, 0.717) is 23.0 Å². The highest BCUT2D eigenvalue weighted by molar-refractivity contribution is 5.62. The largest absolute Gasteiger partial charge is 0.381 e. The Balaban J connectivity index is 1.62. The smallest absolute Gasteiger partial charge is 0.334 e. The standard InChI is InChI=1S/C24H19F3N6O2/c1-15(24(35,12-31-14-28-13-29-31)19-7-6-18(26)10-20(19)27)32-9-8-22-30-21(11-33(22)23(32)34)16-2-4-17(25)5-3-16/h2-11,13-15,35H,12H2,1H3/t15-,24?/m1/s1. The third kappa shape index (κ3) is 3.99. The molecule has 3 heterocycles. The van der Waals surface area contributed by atoms with Crippen molar-refractivity contribution in [3.8, 4) is 11.3 Å². The van der Waals surface area contributed by atoms with E-state index in [1.165, 1.54) is 50.8 Å². The third-order valence-electron chi connectivity index (χ3n) is 6.06. The van der Waals surface area contributed by atoms with E-state index in [4.69, 9.17) is 0 Å². The molecule has 5 aromatic rings. The minimum Gasteiger partial charge on any atom is -0.381 e. The molecular formula is C24H19F3N6O2. The van der Waals surface area contributed by atoms with E-state index in [0.717, 1.165) is 12.1 Å². The minimum absolute atomic E-state index is 0.202. The molecule has 8 nitrogen and oxygen atoms in total. The van der Waals surface area contributed by atoms with Gasteiger partial charge in [0.2, 0.25) is 0 Å². The molecular weight excluding hydrogens is 461 g/mol. The maximum Gasteiger partial charge on any atom is 0.334 e. The third-order valence-corrected chi connectivity index (χ3v) is 6.06. The topological polar surface area (TPSA) is 90.2 Å². The molecule has 0 aliphatic heterocycles. The summed E-state index contributed by atoms with van der Waals surface area (Å²) in [6.07, 6.45) is 5.54. The van der Waals surface area contributed by atoms with Gasteiger partial charge in [0.15, 0.2) is 0 Å². The van der Waals surface area contributed by atoms with E-state index in [2.05, 4.69) is 15.1 Å². The summed E-state index contributed by atoms with van der Waals surface area (Å²) in [5, 5.41) is 15.8. The SMILES string of the molecule is C[C@@H](n1ccc2nc(-c3ccc(F)cc3)cn2c1=O)C(O)(Cn1cncn1)c1ccc(F)cc1F. The summed E-state index contributed by atoms with van der Waals surface area (Å²) in [4.78, 5) is 21.7. The lowest BCUT2D eigenvalue weighted by atomic mass is 9.86. The molecule has 2 atom stereocenters. The first kappa shape index (κ1) is 22.5. The molecule has 0 radical (unpaired) electrons. The molecule has 11 heteroatoms. The number of benzene rings is 2. The lowest BCUT2D eigenvalue weighted by Gasteiger charge is -2.35. The molecule has 1 N–H and O–H groups in total. The maximum atomic E-state index is 14.8. The van der Waals surface area contributed by atoms with Crippen molar-refractivity contribution >= 4 is 5.65 Å². The van der Waals surface area contributed by atoms with Gasteiger partial charge in [0.1, 0.15) is 41.4 Å². The Morgan fingerprint density at radius 2 is 1.80 bits per heavy atom. The van der Waals surface area contributed by atoms with Crippen molar-refractivity contribution in [1.82, 2.24) is 28.7 Å². The number of imidazole rings is 1. The van der Waals surface area contributed by atoms with Crippen LogP contribution in [0.5, 0.6) is 0 Å². The van der Waals surface area contributed by atoms with Crippen LogP contribution in [-0.2, 0) is 12.1 Å². The van der Waals surface area contributed by atoms with Gasteiger partial charge in [-0.3, -0.25) is 8.97 Å². The van der Waals surface area contributed by atoms with Crippen LogP contribution in [0.15, 0.2) is 78.4 Å². The number of halogens is 3. The van der Waals surface area contributed by atoms with Crippen molar-refractivity contribution in [2.45, 2.75) is 25.1 Å². The Labute approximate surface area is 196 Å². The quantitative estimate of drug-likeness (QED) is 0.403. The van der Waals surface area contributed by atoms with Gasteiger partial charge in [-0.15, -0.1) is 0 Å². The van der Waals surface area contributed by atoms with Crippen LogP contribution in [0.25, 0.3) is 16.9 Å². The molecule has 3 aromatic heterocycles. The van der Waals surface area contributed by atoms with Crippen LogP contribution in [0.4, 0.5) is 13.2 Å². The number of rotatable bonds is 6. The van der Waals surface area contributed by atoms with Gasteiger partial charge >= 0.3 is 5.69 Å². The average molecular weight is 480 g/mol. The van der Waals surface area contributed by atoms with Crippen LogP contribution >= 0.6 is 0 Å². The van der Waals surface area contributed by atoms with Crippen LogP contribution in [0.3, 0.4) is 0 Å². The molecule has 0 aliphatic rings. The van der Waals surface area contributed by atoms with Crippen LogP contribution < -0.4 is 5.69 Å². The molecule has 0 saturated heterocycles. The van der Waals surface area contributed by atoms with Crippen LogP contribution in [0, 0.1) is 17.5 Å². The van der Waals surface area contributed by atoms with Crippen molar-refractivity contribution < 1.29 is 18.3 Å². The van der Waals surface area contributed by atoms with Crippen molar-refractivity contribution in [3.05, 3.63) is 107 Å². The van der Waals surface area contributed by atoms with Crippen LogP contribution in [0.2, 0.25) is 0 Å². The Morgan fingerprint density at radius 1 is 1.06 bits per heavy atom. The van der Waals surface area contributed by atoms with E-state index >= 15 is 0 Å². The van der Waals surface area contributed by atoms with E-state index in [-0.39, 0.29) is 12.1 Å². The van der Waals surface area contributed by atoms with Gasteiger partial charge in [0.05, 0.1) is 18.3 Å². The monoisotopic (exact) mass is 480 g/mol. The van der Waals surface area contributed by atoms with Gasteiger partial charge in [-0.2, -0.15) is 5.10 Å². The maximum absolute atomic E-state index is 14.8. The second-order valence-corrected chi connectivity index (χ2v) is 8.18. The first-order valence-corrected chi connectivity index (χ1v) is 10.6. The highest BCUT2D eigenvalue weighted by atomic mass is 19.1. The molecule has 0 amide bonds. The van der Waals surface area contributed by atoms with Gasteiger partial charge in [-0.25, -0.2) is 32.6 Å². The predicted molar refractivity (Wildman–Crippen MR) is 120 cm³/mol. The van der Waals surface area contributed by atoms with Crippen molar-refractivity contribution in [1.29, 1.82) is 0 Å². The predicted octanol–water partition coefficient (Wildman–Crippen LogP) is 3.32. The first-order chi connectivity index (χ1) is 16.8. The van der Waals surface area contributed by atoms with Crippen LogP contribution in [-0.4, -0.2) is 33.8 Å². The lowest BCUT2D eigenvalue weighted by Crippen LogP contribution is -2.44. The van der Waals surface area contributed by atoms with Crippen molar-refractivity contribution in [2.75, 3.05) is 0 Å². The number of hydrogen-bond donors (Lipinski definition) is 1. The summed E-state index contributed by atoms with van der Waals surface area (Å²) in [7, 11) is 0. The van der Waals surface area contributed by atoms with Gasteiger partial charge in [-0.1, -0.05) is 6.07 Å². The van der Waals surface area contributed by atoms with Gasteiger partial charge in [-0.05, 0) is 43.3 Å². The molecule has 1 unspecified atom stereocenters. The molecule has 2 aromatic carbocycles. The van der Waals surface area contributed by atoms with Gasteiger partial charge < -0.3 is 5.11 Å². The molecule has 35 heavy (non-hydrogen) atoms. The highest BCUT2D eigenvalue weighted by Crippen LogP contribution is 2.36. The number of nitrogens with zero attached hydrogens (tertiary/aromatic N) is 6. The van der Waals surface area contributed by atoms with E-state index in [1.54, 1.807) is 25.1 Å². The fourth-order valence-corrected chi connectivity index (χ4v) is 4.13. The molecule has 178 valence electrons. The molecule has 0 aliphatic carbocycles. The molecule has 5 rings (SSSR count). The Hall–Kier alpha value is -4.25. The Kier molecular flexibility index (Phi) is 5.48. The molecule has 0 fully saturated rings. The van der Waals surface area contributed by atoms with Gasteiger partial charge in [0, 0.05) is 29.6 Å². The Morgan fingerprint density at radius 3 is 2.49 bits per heavy atom. The minimum atomic E-state index is -2.01. The van der Waals surface area contributed by atoms with Gasteiger partial charge in [0.25, 0.3) is 0 Å². The number of aromatic nitrogens is 6. The zero-order chi connectivity index (χ0) is 24.7. The summed E-state index contributed by atoms with van der Waals surface area (Å²) in [6, 6.07) is 9.08. The summed E-state index contributed by atoms with van der Waals surface area (Å²) >= 11 is 0. The lowest BCUT2D eigenvalue weighted by molar-refractivity contribution is -0.0346. The van der Waals surface area contributed by atoms with Crippen LogP contribution in [0.1, 0.15) is 18.5 Å².